The molecule has 2 amide bonds. The number of carbonyl (C=O) groups is 3. The van der Waals surface area contributed by atoms with Crippen LogP contribution in [-0.2, 0) is 21.3 Å². The number of likely N-dealkylation sites (tertiary alicyclic amines) is 1. The van der Waals surface area contributed by atoms with Crippen LogP contribution in [0, 0.1) is 10.1 Å². The lowest BCUT2D eigenvalue weighted by Crippen LogP contribution is -2.47. The molecule has 1 aliphatic heterocycles. The molecule has 0 aliphatic carbocycles. The summed E-state index contributed by atoms with van der Waals surface area (Å²) in [5, 5.41) is 13.5. The highest BCUT2D eigenvalue weighted by Gasteiger charge is 2.25. The number of carbonyl (C=O) groups excluding carboxylic acids is 3. The van der Waals surface area contributed by atoms with E-state index in [1.54, 1.807) is 11.8 Å². The summed E-state index contributed by atoms with van der Waals surface area (Å²) in [4.78, 5) is 47.2. The number of ether oxygens (including phenoxy) is 2. The van der Waals surface area contributed by atoms with Crippen LogP contribution in [0.3, 0.4) is 0 Å². The first-order chi connectivity index (χ1) is 12.8. The number of aryl methyl sites for hydroxylation is 1. The van der Waals surface area contributed by atoms with Crippen molar-refractivity contribution in [3.05, 3.63) is 28.1 Å². The molecule has 148 valence electrons. The van der Waals surface area contributed by atoms with E-state index in [1.165, 1.54) is 17.8 Å². The van der Waals surface area contributed by atoms with Gasteiger partial charge in [-0.15, -0.1) is 0 Å². The third-order valence-corrected chi connectivity index (χ3v) is 4.13. The summed E-state index contributed by atoms with van der Waals surface area (Å²) in [6.45, 7) is 2.49. The normalized spacial score (nSPS) is 14.5. The zero-order valence-electron chi connectivity index (χ0n) is 15.2. The van der Waals surface area contributed by atoms with Gasteiger partial charge in [-0.1, -0.05) is 0 Å². The second-order valence-electron chi connectivity index (χ2n) is 6.06. The maximum absolute atomic E-state index is 12.0. The lowest BCUT2D eigenvalue weighted by Gasteiger charge is -2.31. The van der Waals surface area contributed by atoms with E-state index in [0.29, 0.717) is 32.5 Å². The zero-order chi connectivity index (χ0) is 20.0. The number of nitrogens with zero attached hydrogens (tertiary/aromatic N) is 3. The lowest BCUT2D eigenvalue weighted by molar-refractivity contribution is -0.384. The van der Waals surface area contributed by atoms with E-state index in [1.807, 2.05) is 0 Å². The predicted molar refractivity (Wildman–Crippen MR) is 92.1 cm³/mol. The standard InChI is InChI=1S/C16H22N4O7/c1-3-26-16(23)19-6-4-11(5-7-19)17-14(21)10-27-15(22)13-8-12(20(24)25)9-18(13)2/h8-9,11H,3-7,10H2,1-2H3,(H,17,21). The SMILES string of the molecule is CCOC(=O)N1CCC(NC(=O)COC(=O)c2cc([N+](=O)[O-])cn2C)CC1. The molecule has 1 aliphatic rings. The number of piperidine rings is 1. The Morgan fingerprint density at radius 1 is 1.30 bits per heavy atom. The number of hydrogen-bond acceptors (Lipinski definition) is 7. The van der Waals surface area contributed by atoms with Crippen LogP contribution < -0.4 is 5.32 Å². The maximum atomic E-state index is 12.0. The van der Waals surface area contributed by atoms with Crippen molar-refractivity contribution in [3.63, 3.8) is 0 Å². The van der Waals surface area contributed by atoms with Gasteiger partial charge in [0.05, 0.1) is 17.7 Å². The summed E-state index contributed by atoms with van der Waals surface area (Å²) >= 11 is 0. The molecule has 1 N–H and O–H groups in total. The van der Waals surface area contributed by atoms with E-state index in [-0.39, 0.29) is 23.5 Å². The second-order valence-corrected chi connectivity index (χ2v) is 6.06. The van der Waals surface area contributed by atoms with Crippen molar-refractivity contribution >= 4 is 23.7 Å². The number of nitrogens with one attached hydrogen (secondary N) is 1. The fraction of sp³-hybridized carbons (Fsp3) is 0.562. The van der Waals surface area contributed by atoms with E-state index in [9.17, 15) is 24.5 Å². The van der Waals surface area contributed by atoms with Crippen molar-refractivity contribution in [1.82, 2.24) is 14.8 Å². The van der Waals surface area contributed by atoms with Crippen molar-refractivity contribution in [3.8, 4) is 0 Å². The van der Waals surface area contributed by atoms with Crippen molar-refractivity contribution < 1.29 is 28.8 Å². The molecule has 0 radical (unpaired) electrons. The van der Waals surface area contributed by atoms with Gasteiger partial charge < -0.3 is 24.3 Å². The van der Waals surface area contributed by atoms with E-state index in [0.717, 1.165) is 6.07 Å². The monoisotopic (exact) mass is 382 g/mol. The Kier molecular flexibility index (Phi) is 6.74. The Bertz CT molecular complexity index is 722. The maximum Gasteiger partial charge on any atom is 0.409 e. The molecule has 1 aromatic heterocycles. The summed E-state index contributed by atoms with van der Waals surface area (Å²) in [5.74, 6) is -1.29. The van der Waals surface area contributed by atoms with Gasteiger partial charge in [-0.3, -0.25) is 14.9 Å². The Balaban J connectivity index is 1.76. The average Bonchev–Trinajstić information content (AvgIpc) is 3.03. The minimum atomic E-state index is -0.821. The molecule has 11 nitrogen and oxygen atoms in total. The highest BCUT2D eigenvalue weighted by Crippen LogP contribution is 2.16. The van der Waals surface area contributed by atoms with E-state index in [4.69, 9.17) is 9.47 Å². The molecule has 1 saturated heterocycles. The summed E-state index contributed by atoms with van der Waals surface area (Å²) in [7, 11) is 1.47. The summed E-state index contributed by atoms with van der Waals surface area (Å²) in [6, 6.07) is 0.962. The van der Waals surface area contributed by atoms with Gasteiger partial charge in [-0.25, -0.2) is 9.59 Å². The van der Waals surface area contributed by atoms with Gasteiger partial charge in [-0.2, -0.15) is 0 Å². The van der Waals surface area contributed by atoms with Crippen LogP contribution in [0.2, 0.25) is 0 Å². The molecule has 0 atom stereocenters. The molecule has 2 heterocycles. The van der Waals surface area contributed by atoms with Gasteiger partial charge in [0.2, 0.25) is 0 Å². The first-order valence-corrected chi connectivity index (χ1v) is 8.50. The first-order valence-electron chi connectivity index (χ1n) is 8.50. The van der Waals surface area contributed by atoms with Crippen molar-refractivity contribution in [2.45, 2.75) is 25.8 Å². The van der Waals surface area contributed by atoms with Gasteiger partial charge in [0.25, 0.3) is 11.6 Å². The van der Waals surface area contributed by atoms with Crippen LogP contribution in [-0.4, -0.2) is 64.7 Å². The van der Waals surface area contributed by atoms with Crippen LogP contribution in [0.4, 0.5) is 10.5 Å². The molecule has 1 fully saturated rings. The van der Waals surface area contributed by atoms with Crippen LogP contribution in [0.1, 0.15) is 30.3 Å². The number of aromatic nitrogens is 1. The van der Waals surface area contributed by atoms with Gasteiger partial charge >= 0.3 is 12.1 Å². The average molecular weight is 382 g/mol. The molecule has 0 spiro atoms. The van der Waals surface area contributed by atoms with Gasteiger partial charge in [0.1, 0.15) is 5.69 Å². The van der Waals surface area contributed by atoms with Crippen molar-refractivity contribution in [1.29, 1.82) is 0 Å². The summed E-state index contributed by atoms with van der Waals surface area (Å²) in [6.07, 6.45) is 1.96. The molecular weight excluding hydrogens is 360 g/mol. The third-order valence-electron chi connectivity index (χ3n) is 4.13. The minimum absolute atomic E-state index is 0.0164. The molecule has 1 aromatic rings. The van der Waals surface area contributed by atoms with E-state index < -0.39 is 23.4 Å². The molecule has 11 heteroatoms. The fourth-order valence-electron chi connectivity index (χ4n) is 2.75. The largest absolute Gasteiger partial charge is 0.451 e. The molecule has 0 aromatic carbocycles. The van der Waals surface area contributed by atoms with E-state index >= 15 is 0 Å². The Hall–Kier alpha value is -3.11. The molecule has 2 rings (SSSR count). The molecule has 0 unspecified atom stereocenters. The highest BCUT2D eigenvalue weighted by atomic mass is 16.6. The van der Waals surface area contributed by atoms with Gasteiger partial charge in [0.15, 0.2) is 6.61 Å². The number of rotatable bonds is 6. The first kappa shape index (κ1) is 20.2. The second kappa shape index (κ2) is 9.01. The number of hydrogen-bond donors (Lipinski definition) is 1. The number of esters is 1. The Labute approximate surface area is 155 Å². The number of amides is 2. The van der Waals surface area contributed by atoms with Crippen LogP contribution in [0.5, 0.6) is 0 Å². The third kappa shape index (κ3) is 5.43. The summed E-state index contributed by atoms with van der Waals surface area (Å²) < 4.78 is 11.1. The topological polar surface area (TPSA) is 133 Å². The van der Waals surface area contributed by atoms with Crippen LogP contribution in [0.25, 0.3) is 0 Å². The van der Waals surface area contributed by atoms with Crippen molar-refractivity contribution in [2.75, 3.05) is 26.3 Å². The van der Waals surface area contributed by atoms with Crippen molar-refractivity contribution in [2.24, 2.45) is 7.05 Å². The van der Waals surface area contributed by atoms with Crippen LogP contribution >= 0.6 is 0 Å². The van der Waals surface area contributed by atoms with Gasteiger partial charge in [0, 0.05) is 32.2 Å². The quantitative estimate of drug-likeness (QED) is 0.437. The number of nitro groups is 1. The zero-order valence-corrected chi connectivity index (χ0v) is 15.2. The summed E-state index contributed by atoms with van der Waals surface area (Å²) in [5.41, 5.74) is -0.250. The smallest absolute Gasteiger partial charge is 0.409 e. The van der Waals surface area contributed by atoms with Crippen LogP contribution in [0.15, 0.2) is 12.3 Å². The molecule has 0 bridgehead atoms. The Morgan fingerprint density at radius 3 is 2.52 bits per heavy atom. The molecule has 27 heavy (non-hydrogen) atoms. The highest BCUT2D eigenvalue weighted by molar-refractivity contribution is 5.90. The fourth-order valence-corrected chi connectivity index (χ4v) is 2.75. The predicted octanol–water partition coefficient (Wildman–Crippen LogP) is 0.827. The van der Waals surface area contributed by atoms with E-state index in [2.05, 4.69) is 5.32 Å². The molecular formula is C16H22N4O7. The Morgan fingerprint density at radius 2 is 1.96 bits per heavy atom. The molecule has 0 saturated carbocycles. The lowest BCUT2D eigenvalue weighted by atomic mass is 10.1. The van der Waals surface area contributed by atoms with Gasteiger partial charge in [-0.05, 0) is 19.8 Å². The minimum Gasteiger partial charge on any atom is -0.451 e.